The molecule has 0 unspecified atom stereocenters. The standard InChI is InChI=1S/C38H28BGeN3O/c1-3-14-30(15-4-1)40(31-16-5-2-6-17-31)36-20-8-7-19-34(36)39(29-13-11-18-32(27-29)43-26-12-25-42-43)35-28-33(22-23-37(35)40)44-38-21-9-10-24-41-38/h1-28H. The van der Waals surface area contributed by atoms with Gasteiger partial charge in [-0.1, -0.05) is 0 Å². The van der Waals surface area contributed by atoms with E-state index in [9.17, 15) is 0 Å². The summed E-state index contributed by atoms with van der Waals surface area (Å²) < 4.78 is 14.0. The van der Waals surface area contributed by atoms with Crippen LogP contribution in [0.5, 0.6) is 11.6 Å². The number of aromatic nitrogens is 3. The molecule has 0 saturated carbocycles. The Morgan fingerprint density at radius 1 is 0.568 bits per heavy atom. The van der Waals surface area contributed by atoms with Crippen LogP contribution in [0.4, 0.5) is 0 Å². The van der Waals surface area contributed by atoms with Crippen molar-refractivity contribution in [1.82, 2.24) is 14.8 Å². The zero-order valence-corrected chi connectivity index (χ0v) is 26.1. The van der Waals surface area contributed by atoms with Gasteiger partial charge >= 0.3 is 261 Å². The van der Waals surface area contributed by atoms with Crippen LogP contribution in [0.1, 0.15) is 0 Å². The minimum absolute atomic E-state index is 0.00942. The number of pyridine rings is 1. The van der Waals surface area contributed by atoms with Gasteiger partial charge in [0, 0.05) is 0 Å². The van der Waals surface area contributed by atoms with Crippen LogP contribution in [0.3, 0.4) is 0 Å². The minimum atomic E-state index is -3.49. The van der Waals surface area contributed by atoms with Crippen LogP contribution in [0.2, 0.25) is 0 Å². The third-order valence-electron chi connectivity index (χ3n) is 8.66. The predicted molar refractivity (Wildman–Crippen MR) is 183 cm³/mol. The Labute approximate surface area is 260 Å². The molecule has 0 bridgehead atoms. The number of benzene rings is 5. The van der Waals surface area contributed by atoms with Crippen molar-refractivity contribution in [3.63, 3.8) is 0 Å². The number of nitrogens with zero attached hydrogens (tertiary/aromatic N) is 3. The molecule has 3 heterocycles. The Hall–Kier alpha value is -5.13. The van der Waals surface area contributed by atoms with E-state index >= 15 is 0 Å². The van der Waals surface area contributed by atoms with Crippen molar-refractivity contribution in [2.24, 2.45) is 0 Å². The van der Waals surface area contributed by atoms with Crippen molar-refractivity contribution in [3.05, 3.63) is 170 Å². The van der Waals surface area contributed by atoms with Crippen molar-refractivity contribution < 1.29 is 4.74 Å². The van der Waals surface area contributed by atoms with Gasteiger partial charge in [-0.3, -0.25) is 0 Å². The average molecular weight is 626 g/mol. The van der Waals surface area contributed by atoms with E-state index in [4.69, 9.17) is 4.74 Å². The molecule has 0 aliphatic carbocycles. The fourth-order valence-electron chi connectivity index (χ4n) is 6.91. The summed E-state index contributed by atoms with van der Waals surface area (Å²) in [6.07, 6.45) is 5.57. The van der Waals surface area contributed by atoms with E-state index in [0.717, 1.165) is 11.4 Å². The summed E-state index contributed by atoms with van der Waals surface area (Å²) in [6, 6.07) is 54.7. The van der Waals surface area contributed by atoms with E-state index in [1.807, 2.05) is 41.3 Å². The molecule has 4 nitrogen and oxygen atoms in total. The first kappa shape index (κ1) is 26.5. The molecule has 1 aliphatic heterocycles. The van der Waals surface area contributed by atoms with Crippen LogP contribution in [0, 0.1) is 0 Å². The van der Waals surface area contributed by atoms with Gasteiger partial charge in [0.1, 0.15) is 0 Å². The summed E-state index contributed by atoms with van der Waals surface area (Å²) >= 11 is -3.49. The molecule has 2 aromatic heterocycles. The molecule has 208 valence electrons. The predicted octanol–water partition coefficient (Wildman–Crippen LogP) is 3.27. The summed E-state index contributed by atoms with van der Waals surface area (Å²) in [4.78, 5) is 4.44. The topological polar surface area (TPSA) is 39.9 Å². The molecule has 0 amide bonds. The Morgan fingerprint density at radius 3 is 2.02 bits per heavy atom. The van der Waals surface area contributed by atoms with Gasteiger partial charge in [0.25, 0.3) is 0 Å². The maximum absolute atomic E-state index is 6.37. The van der Waals surface area contributed by atoms with E-state index in [-0.39, 0.29) is 6.71 Å². The van der Waals surface area contributed by atoms with E-state index in [1.165, 1.54) is 34.0 Å². The van der Waals surface area contributed by atoms with Gasteiger partial charge in [-0.05, 0) is 0 Å². The van der Waals surface area contributed by atoms with E-state index in [2.05, 4.69) is 137 Å². The van der Waals surface area contributed by atoms with E-state index in [1.54, 1.807) is 6.20 Å². The van der Waals surface area contributed by atoms with Crippen molar-refractivity contribution in [2.45, 2.75) is 0 Å². The second kappa shape index (κ2) is 11.2. The average Bonchev–Trinajstić information content (AvgIpc) is 3.64. The first-order valence-electron chi connectivity index (χ1n) is 14.9. The van der Waals surface area contributed by atoms with Crippen molar-refractivity contribution in [3.8, 4) is 17.3 Å². The zero-order chi connectivity index (χ0) is 29.3. The summed E-state index contributed by atoms with van der Waals surface area (Å²) in [5, 5.41) is 4.52. The van der Waals surface area contributed by atoms with Crippen LogP contribution in [0.25, 0.3) is 5.69 Å². The second-order valence-electron chi connectivity index (χ2n) is 11.1. The number of hydrogen-bond donors (Lipinski definition) is 0. The van der Waals surface area contributed by atoms with E-state index < -0.39 is 13.3 Å². The number of hydrogen-bond acceptors (Lipinski definition) is 3. The van der Waals surface area contributed by atoms with Gasteiger partial charge < -0.3 is 0 Å². The SMILES string of the molecule is c1cc[c]([Ge]2([c]3ccccc3)[c]3ccccc3B(c3cccc(-n4cccn4)c3)c3cc(Oc4ccccn4)cc[c]32)cc1. The maximum atomic E-state index is 6.37. The van der Waals surface area contributed by atoms with Crippen LogP contribution in [-0.4, -0.2) is 34.7 Å². The van der Waals surface area contributed by atoms with Crippen LogP contribution < -0.4 is 38.7 Å². The Morgan fingerprint density at radius 2 is 1.30 bits per heavy atom. The third-order valence-corrected chi connectivity index (χ3v) is 19.0. The van der Waals surface area contributed by atoms with Gasteiger partial charge in [-0.25, -0.2) is 0 Å². The molecule has 0 spiro atoms. The summed E-state index contributed by atoms with van der Waals surface area (Å²) in [5.41, 5.74) is 4.89. The molecule has 44 heavy (non-hydrogen) atoms. The first-order chi connectivity index (χ1) is 21.8. The summed E-state index contributed by atoms with van der Waals surface area (Å²) in [6.45, 7) is 0.00942. The van der Waals surface area contributed by atoms with Crippen molar-refractivity contribution in [1.29, 1.82) is 0 Å². The van der Waals surface area contributed by atoms with Gasteiger partial charge in [-0.2, -0.15) is 0 Å². The van der Waals surface area contributed by atoms with Gasteiger partial charge in [0.2, 0.25) is 0 Å². The van der Waals surface area contributed by atoms with Gasteiger partial charge in [0.05, 0.1) is 0 Å². The van der Waals surface area contributed by atoms with Gasteiger partial charge in [-0.15, -0.1) is 0 Å². The van der Waals surface area contributed by atoms with E-state index in [0.29, 0.717) is 5.88 Å². The van der Waals surface area contributed by atoms with Gasteiger partial charge in [0.15, 0.2) is 0 Å². The summed E-state index contributed by atoms with van der Waals surface area (Å²) in [7, 11) is 0. The molecule has 6 heteroatoms. The second-order valence-corrected chi connectivity index (χ2v) is 18.9. The molecule has 0 fully saturated rings. The first-order valence-corrected chi connectivity index (χ1v) is 19.1. The quantitative estimate of drug-likeness (QED) is 0.267. The van der Waals surface area contributed by atoms with Crippen LogP contribution in [-0.2, 0) is 0 Å². The fraction of sp³-hybridized carbons (Fsp3) is 0. The molecule has 0 radical (unpaired) electrons. The van der Waals surface area contributed by atoms with Crippen molar-refractivity contribution in [2.75, 3.05) is 0 Å². The molecular formula is C38H28BGeN3O. The van der Waals surface area contributed by atoms with Crippen LogP contribution in [0.15, 0.2) is 170 Å². The molecule has 8 rings (SSSR count). The number of ether oxygens (including phenoxy) is 1. The summed E-state index contributed by atoms with van der Waals surface area (Å²) in [5.74, 6) is 1.37. The Kier molecular flexibility index (Phi) is 6.73. The monoisotopic (exact) mass is 627 g/mol. The Bertz CT molecular complexity index is 2010. The zero-order valence-electron chi connectivity index (χ0n) is 24.0. The number of rotatable bonds is 6. The molecule has 0 N–H and O–H groups in total. The molecule has 7 aromatic rings. The molecule has 0 atom stereocenters. The fourth-order valence-corrected chi connectivity index (χ4v) is 17.9. The normalized spacial score (nSPS) is 13.1. The molecule has 0 saturated heterocycles. The van der Waals surface area contributed by atoms with Crippen LogP contribution >= 0.6 is 0 Å². The third kappa shape index (κ3) is 4.40. The molecule has 5 aromatic carbocycles. The number of fused-ring (bicyclic) bond motifs is 2. The Balaban J connectivity index is 1.44. The van der Waals surface area contributed by atoms with Crippen molar-refractivity contribution >= 4 is 54.0 Å². The molecule has 1 aliphatic rings. The molecular weight excluding hydrogens is 598 g/mol.